The second-order valence-corrected chi connectivity index (χ2v) is 8.24. The fraction of sp³-hybridized carbons (Fsp3) is 0.955. The second-order valence-electron chi connectivity index (χ2n) is 8.24. The zero-order valence-electron chi connectivity index (χ0n) is 17.3. The molecule has 0 unspecified atom stereocenters. The first-order valence-corrected chi connectivity index (χ1v) is 10.7. The Morgan fingerprint density at radius 1 is 0.667 bits per heavy atom. The minimum absolute atomic E-state index is 0.419. The van der Waals surface area contributed by atoms with Crippen molar-refractivity contribution < 1.29 is 5.21 Å². The zero-order valence-corrected chi connectivity index (χ0v) is 17.3. The van der Waals surface area contributed by atoms with E-state index in [1.807, 2.05) is 0 Å². The number of oxime groups is 1. The maximum absolute atomic E-state index is 9.36. The van der Waals surface area contributed by atoms with Crippen molar-refractivity contribution in [3.8, 4) is 0 Å². The van der Waals surface area contributed by atoms with E-state index in [0.717, 1.165) is 12.1 Å². The molecule has 0 aromatic heterocycles. The molecule has 0 rings (SSSR count). The summed E-state index contributed by atoms with van der Waals surface area (Å²) < 4.78 is 0. The van der Waals surface area contributed by atoms with Gasteiger partial charge in [0.25, 0.3) is 0 Å². The molecule has 0 heterocycles. The third-order valence-electron chi connectivity index (χ3n) is 5.24. The van der Waals surface area contributed by atoms with Crippen molar-refractivity contribution >= 4 is 5.71 Å². The summed E-state index contributed by atoms with van der Waals surface area (Å²) >= 11 is 0. The number of rotatable bonds is 16. The average Bonchev–Trinajstić information content (AvgIpc) is 2.53. The normalized spacial score (nSPS) is 12.8. The van der Waals surface area contributed by atoms with Crippen molar-refractivity contribution in [3.63, 3.8) is 0 Å². The van der Waals surface area contributed by atoms with Crippen LogP contribution in [0.25, 0.3) is 0 Å². The number of hydrogen-bond donors (Lipinski definition) is 1. The zero-order chi connectivity index (χ0) is 18.2. The van der Waals surface area contributed by atoms with E-state index in [-0.39, 0.29) is 0 Å². The lowest BCUT2D eigenvalue weighted by Crippen LogP contribution is -2.25. The molecule has 0 aliphatic rings. The van der Waals surface area contributed by atoms with Gasteiger partial charge < -0.3 is 5.21 Å². The van der Waals surface area contributed by atoms with E-state index in [2.05, 4.69) is 39.8 Å². The Kier molecular flexibility index (Phi) is 15.6. The molecule has 0 aromatic carbocycles. The van der Waals surface area contributed by atoms with Gasteiger partial charge in [-0.05, 0) is 24.7 Å². The predicted molar refractivity (Wildman–Crippen MR) is 108 cm³/mol. The summed E-state index contributed by atoms with van der Waals surface area (Å²) in [6.07, 6.45) is 17.4. The van der Waals surface area contributed by atoms with E-state index in [1.165, 1.54) is 77.0 Å². The molecule has 0 saturated carbocycles. The fourth-order valence-electron chi connectivity index (χ4n) is 3.97. The van der Waals surface area contributed by atoms with Crippen molar-refractivity contribution in [2.45, 2.75) is 118 Å². The van der Waals surface area contributed by atoms with Gasteiger partial charge in [-0.25, -0.2) is 0 Å². The van der Waals surface area contributed by atoms with Gasteiger partial charge in [0.05, 0.1) is 5.71 Å². The molecule has 0 radical (unpaired) electrons. The average molecular weight is 340 g/mol. The number of nitrogens with zero attached hydrogens (tertiary/aromatic N) is 1. The van der Waals surface area contributed by atoms with Crippen LogP contribution in [0.3, 0.4) is 0 Å². The molecule has 0 aliphatic carbocycles. The summed E-state index contributed by atoms with van der Waals surface area (Å²) in [6.45, 7) is 11.2. The lowest BCUT2D eigenvalue weighted by Gasteiger charge is -2.25. The topological polar surface area (TPSA) is 32.6 Å². The standard InChI is InChI=1S/C22H45NO/c1-6-7-8-9-10-11-12-13-14-15-16-17-18-21(23-24)22(19(2)3)20(4)5/h19-20,22,24H,6-18H2,1-5H3. The molecule has 2 nitrogen and oxygen atoms in total. The van der Waals surface area contributed by atoms with E-state index in [1.54, 1.807) is 0 Å². The van der Waals surface area contributed by atoms with Crippen LogP contribution in [0.15, 0.2) is 5.16 Å². The molecule has 0 aliphatic heterocycles. The van der Waals surface area contributed by atoms with Crippen LogP contribution in [-0.4, -0.2) is 10.9 Å². The van der Waals surface area contributed by atoms with Gasteiger partial charge >= 0.3 is 0 Å². The van der Waals surface area contributed by atoms with Crippen LogP contribution in [-0.2, 0) is 0 Å². The minimum Gasteiger partial charge on any atom is -0.411 e. The van der Waals surface area contributed by atoms with Crippen LogP contribution in [0.1, 0.15) is 118 Å². The molecular formula is C22H45NO. The smallest absolute Gasteiger partial charge is 0.0606 e. The minimum atomic E-state index is 0.419. The molecular weight excluding hydrogens is 294 g/mol. The Morgan fingerprint density at radius 3 is 1.38 bits per heavy atom. The van der Waals surface area contributed by atoms with Crippen LogP contribution >= 0.6 is 0 Å². The lowest BCUT2D eigenvalue weighted by molar-refractivity contribution is 0.297. The number of hydrogen-bond acceptors (Lipinski definition) is 2. The molecule has 24 heavy (non-hydrogen) atoms. The first-order chi connectivity index (χ1) is 11.5. The summed E-state index contributed by atoms with van der Waals surface area (Å²) in [7, 11) is 0. The molecule has 0 bridgehead atoms. The second kappa shape index (κ2) is 16.0. The van der Waals surface area contributed by atoms with Gasteiger partial charge in [-0.1, -0.05) is 110 Å². The van der Waals surface area contributed by atoms with Gasteiger partial charge in [0, 0.05) is 5.92 Å². The summed E-state index contributed by atoms with van der Waals surface area (Å²) in [5.41, 5.74) is 1.02. The molecule has 0 fully saturated rings. The van der Waals surface area contributed by atoms with E-state index in [4.69, 9.17) is 0 Å². The summed E-state index contributed by atoms with van der Waals surface area (Å²) in [5, 5.41) is 13.0. The maximum atomic E-state index is 9.36. The Hall–Kier alpha value is -0.530. The van der Waals surface area contributed by atoms with E-state index < -0.39 is 0 Å². The van der Waals surface area contributed by atoms with Crippen molar-refractivity contribution in [1.29, 1.82) is 0 Å². The Bertz CT molecular complexity index is 288. The fourth-order valence-corrected chi connectivity index (χ4v) is 3.97. The van der Waals surface area contributed by atoms with Gasteiger partial charge in [0.15, 0.2) is 0 Å². The first kappa shape index (κ1) is 23.5. The molecule has 144 valence electrons. The highest BCUT2D eigenvalue weighted by molar-refractivity contribution is 5.86. The van der Waals surface area contributed by atoms with Gasteiger partial charge in [-0.3, -0.25) is 0 Å². The summed E-state index contributed by atoms with van der Waals surface area (Å²) in [5.74, 6) is 1.52. The largest absolute Gasteiger partial charge is 0.411 e. The monoisotopic (exact) mass is 339 g/mol. The van der Waals surface area contributed by atoms with E-state index >= 15 is 0 Å². The van der Waals surface area contributed by atoms with Crippen molar-refractivity contribution in [1.82, 2.24) is 0 Å². The van der Waals surface area contributed by atoms with Crippen LogP contribution in [0.5, 0.6) is 0 Å². The van der Waals surface area contributed by atoms with Crippen LogP contribution in [0.4, 0.5) is 0 Å². The molecule has 0 aromatic rings. The molecule has 0 spiro atoms. The highest BCUT2D eigenvalue weighted by Gasteiger charge is 2.23. The summed E-state index contributed by atoms with van der Waals surface area (Å²) in [4.78, 5) is 0. The first-order valence-electron chi connectivity index (χ1n) is 10.7. The summed E-state index contributed by atoms with van der Waals surface area (Å²) in [6, 6.07) is 0. The molecule has 0 atom stereocenters. The van der Waals surface area contributed by atoms with Crippen LogP contribution < -0.4 is 0 Å². The maximum Gasteiger partial charge on any atom is 0.0606 e. The van der Waals surface area contributed by atoms with E-state index in [0.29, 0.717) is 17.8 Å². The lowest BCUT2D eigenvalue weighted by atomic mass is 9.80. The van der Waals surface area contributed by atoms with Crippen molar-refractivity contribution in [3.05, 3.63) is 0 Å². The van der Waals surface area contributed by atoms with Gasteiger partial charge in [-0.15, -0.1) is 0 Å². The van der Waals surface area contributed by atoms with Crippen molar-refractivity contribution in [2.24, 2.45) is 22.9 Å². The third kappa shape index (κ3) is 11.9. The van der Waals surface area contributed by atoms with Crippen LogP contribution in [0.2, 0.25) is 0 Å². The van der Waals surface area contributed by atoms with Gasteiger partial charge in [-0.2, -0.15) is 0 Å². The molecule has 0 amide bonds. The quantitative estimate of drug-likeness (QED) is 0.132. The highest BCUT2D eigenvalue weighted by atomic mass is 16.4. The molecule has 0 saturated heterocycles. The number of unbranched alkanes of at least 4 members (excludes halogenated alkanes) is 11. The van der Waals surface area contributed by atoms with Crippen molar-refractivity contribution in [2.75, 3.05) is 0 Å². The third-order valence-corrected chi connectivity index (χ3v) is 5.24. The Morgan fingerprint density at radius 2 is 1.04 bits per heavy atom. The Balaban J connectivity index is 3.61. The Labute approximate surface area is 152 Å². The van der Waals surface area contributed by atoms with Gasteiger partial charge in [0.1, 0.15) is 0 Å². The van der Waals surface area contributed by atoms with Gasteiger partial charge in [0.2, 0.25) is 0 Å². The molecule has 2 heteroatoms. The van der Waals surface area contributed by atoms with Crippen LogP contribution in [0, 0.1) is 17.8 Å². The predicted octanol–water partition coefficient (Wildman–Crippen LogP) is 7.84. The van der Waals surface area contributed by atoms with E-state index in [9.17, 15) is 5.21 Å². The molecule has 1 N–H and O–H groups in total. The highest BCUT2D eigenvalue weighted by Crippen LogP contribution is 2.25. The SMILES string of the molecule is CCCCCCCCCCCCCCC(=NO)C(C(C)C)C(C)C.